The van der Waals surface area contributed by atoms with E-state index in [1.165, 1.54) is 22.5 Å². The molecule has 8 nitrogen and oxygen atoms in total. The Hall–Kier alpha value is -2.81. The van der Waals surface area contributed by atoms with Crippen LogP contribution in [0.2, 0.25) is 0 Å². The summed E-state index contributed by atoms with van der Waals surface area (Å²) in [6, 6.07) is 7.34. The van der Waals surface area contributed by atoms with Gasteiger partial charge in [-0.15, -0.1) is 0 Å². The van der Waals surface area contributed by atoms with Crippen molar-refractivity contribution < 1.29 is 14.3 Å². The number of aromatic nitrogens is 4. The molecule has 150 valence electrons. The number of halogens is 1. The average Bonchev–Trinajstić information content (AvgIpc) is 3.26. The van der Waals surface area contributed by atoms with Crippen molar-refractivity contribution in [2.24, 2.45) is 0 Å². The summed E-state index contributed by atoms with van der Waals surface area (Å²) in [5.74, 6) is -0.809. The molecule has 1 amide bonds. The number of rotatable bonds is 3. The molecule has 0 radical (unpaired) electrons. The molecule has 1 N–H and O–H groups in total. The van der Waals surface area contributed by atoms with Crippen molar-refractivity contribution in [2.45, 2.75) is 45.3 Å². The number of aryl methyl sites for hydroxylation is 1. The Morgan fingerprint density at radius 1 is 1.28 bits per heavy atom. The van der Waals surface area contributed by atoms with Gasteiger partial charge in [0.05, 0.1) is 6.04 Å². The number of esters is 1. The van der Waals surface area contributed by atoms with E-state index in [2.05, 4.69) is 42.4 Å². The lowest BCUT2D eigenvalue weighted by Crippen LogP contribution is -2.30. The van der Waals surface area contributed by atoms with Gasteiger partial charge in [0, 0.05) is 10.5 Å². The molecule has 0 unspecified atom stereocenters. The Bertz CT molecular complexity index is 1120. The number of fused-ring (bicyclic) bond motifs is 2. The molecule has 0 saturated carbocycles. The zero-order chi connectivity index (χ0) is 20.8. The fraction of sp³-hybridized carbons (Fsp3) is 0.350. The van der Waals surface area contributed by atoms with Crippen molar-refractivity contribution in [3.05, 3.63) is 57.6 Å². The number of nitrogens with one attached hydrogen (secondary N) is 1. The van der Waals surface area contributed by atoms with E-state index in [4.69, 9.17) is 4.74 Å². The van der Waals surface area contributed by atoms with Crippen LogP contribution in [0.15, 0.2) is 35.1 Å². The second-order valence-corrected chi connectivity index (χ2v) is 8.82. The molecule has 9 heteroatoms. The SMILES string of the molecule is CC(C)(C)OC(=O)c1cc(C(=O)N[C@H]2CCc3cc(Br)ccc32)n2ncnc2n1. The standard InChI is InChI=1S/C20H20BrN5O3/c1-20(2,3)29-18(28)15-9-16(26-19(25-15)22-10-23-26)17(27)24-14-7-4-11-8-12(21)5-6-13(11)14/h5-6,8-10,14H,4,7H2,1-3H3,(H,24,27)/t14-/m0/s1. The van der Waals surface area contributed by atoms with Crippen LogP contribution < -0.4 is 5.32 Å². The maximum absolute atomic E-state index is 13.1. The molecule has 2 heterocycles. The topological polar surface area (TPSA) is 98.5 Å². The van der Waals surface area contributed by atoms with Crippen molar-refractivity contribution in [2.75, 3.05) is 0 Å². The molecule has 0 bridgehead atoms. The molecule has 0 saturated heterocycles. The van der Waals surface area contributed by atoms with Crippen LogP contribution in [0.25, 0.3) is 5.78 Å². The maximum Gasteiger partial charge on any atom is 0.357 e. The minimum absolute atomic E-state index is 0.0151. The summed E-state index contributed by atoms with van der Waals surface area (Å²) in [4.78, 5) is 33.7. The predicted octanol–water partition coefficient (Wildman–Crippen LogP) is 3.26. The maximum atomic E-state index is 13.1. The first-order valence-corrected chi connectivity index (χ1v) is 10.0. The van der Waals surface area contributed by atoms with Gasteiger partial charge in [0.2, 0.25) is 0 Å². The Morgan fingerprint density at radius 2 is 2.07 bits per heavy atom. The molecule has 4 rings (SSSR count). The number of ether oxygens (including phenoxy) is 1. The van der Waals surface area contributed by atoms with Crippen molar-refractivity contribution in [1.82, 2.24) is 24.9 Å². The Balaban J connectivity index is 1.64. The summed E-state index contributed by atoms with van der Waals surface area (Å²) in [5, 5.41) is 7.11. The molecule has 1 aliphatic carbocycles. The van der Waals surface area contributed by atoms with Crippen LogP contribution in [0, 0.1) is 0 Å². The van der Waals surface area contributed by atoms with Gasteiger partial charge in [-0.1, -0.05) is 22.0 Å². The third kappa shape index (κ3) is 4.00. The summed E-state index contributed by atoms with van der Waals surface area (Å²) >= 11 is 3.48. The monoisotopic (exact) mass is 457 g/mol. The van der Waals surface area contributed by atoms with Gasteiger partial charge in [-0.2, -0.15) is 14.6 Å². The normalized spacial score (nSPS) is 15.9. The smallest absolute Gasteiger partial charge is 0.357 e. The van der Waals surface area contributed by atoms with E-state index in [0.29, 0.717) is 0 Å². The lowest BCUT2D eigenvalue weighted by molar-refractivity contribution is 0.00629. The van der Waals surface area contributed by atoms with Gasteiger partial charge < -0.3 is 10.1 Å². The van der Waals surface area contributed by atoms with Crippen molar-refractivity contribution in [1.29, 1.82) is 0 Å². The Morgan fingerprint density at radius 3 is 2.83 bits per heavy atom. The van der Waals surface area contributed by atoms with Crippen LogP contribution in [0.4, 0.5) is 0 Å². The first kappa shape index (κ1) is 19.5. The van der Waals surface area contributed by atoms with Crippen LogP contribution in [0.3, 0.4) is 0 Å². The highest BCUT2D eigenvalue weighted by molar-refractivity contribution is 9.10. The van der Waals surface area contributed by atoms with Gasteiger partial charge in [0.25, 0.3) is 11.7 Å². The lowest BCUT2D eigenvalue weighted by atomic mass is 10.1. The number of carbonyl (C=O) groups is 2. The summed E-state index contributed by atoms with van der Waals surface area (Å²) < 4.78 is 7.72. The molecular weight excluding hydrogens is 438 g/mol. The van der Waals surface area contributed by atoms with E-state index in [0.717, 1.165) is 22.9 Å². The molecule has 1 atom stereocenters. The van der Waals surface area contributed by atoms with Crippen LogP contribution in [0.5, 0.6) is 0 Å². The van der Waals surface area contributed by atoms with Gasteiger partial charge >= 0.3 is 5.97 Å². The van der Waals surface area contributed by atoms with E-state index >= 15 is 0 Å². The first-order valence-electron chi connectivity index (χ1n) is 9.24. The fourth-order valence-electron chi connectivity index (χ4n) is 3.38. The summed E-state index contributed by atoms with van der Waals surface area (Å²) in [5.41, 5.74) is 1.82. The highest BCUT2D eigenvalue weighted by atomic mass is 79.9. The van der Waals surface area contributed by atoms with Crippen LogP contribution >= 0.6 is 15.9 Å². The molecule has 3 aromatic rings. The number of benzene rings is 1. The largest absolute Gasteiger partial charge is 0.455 e. The van der Waals surface area contributed by atoms with Gasteiger partial charge in [0.1, 0.15) is 17.6 Å². The van der Waals surface area contributed by atoms with Crippen LogP contribution in [-0.2, 0) is 11.2 Å². The van der Waals surface area contributed by atoms with Gasteiger partial charge in [-0.3, -0.25) is 4.79 Å². The minimum atomic E-state index is -0.678. The number of nitrogens with zero attached hydrogens (tertiary/aromatic N) is 4. The number of hydrogen-bond donors (Lipinski definition) is 1. The summed E-state index contributed by atoms with van der Waals surface area (Å²) in [6.07, 6.45) is 2.99. The van der Waals surface area contributed by atoms with Crippen molar-refractivity contribution in [3.8, 4) is 0 Å². The highest BCUT2D eigenvalue weighted by Gasteiger charge is 2.27. The predicted molar refractivity (Wildman–Crippen MR) is 109 cm³/mol. The highest BCUT2D eigenvalue weighted by Crippen LogP contribution is 2.33. The van der Waals surface area contributed by atoms with Crippen molar-refractivity contribution >= 4 is 33.6 Å². The third-order valence-electron chi connectivity index (χ3n) is 4.58. The zero-order valence-electron chi connectivity index (χ0n) is 16.3. The van der Waals surface area contributed by atoms with E-state index < -0.39 is 11.6 Å². The van der Waals surface area contributed by atoms with E-state index in [1.54, 1.807) is 20.8 Å². The number of carbonyl (C=O) groups excluding carboxylic acids is 2. The van der Waals surface area contributed by atoms with Crippen molar-refractivity contribution in [3.63, 3.8) is 0 Å². The molecule has 0 aliphatic heterocycles. The molecule has 0 fully saturated rings. The molecule has 1 aromatic carbocycles. The average molecular weight is 458 g/mol. The van der Waals surface area contributed by atoms with Crippen LogP contribution in [-0.4, -0.2) is 37.1 Å². The van der Waals surface area contributed by atoms with E-state index in [1.807, 2.05) is 12.1 Å². The molecule has 1 aliphatic rings. The zero-order valence-corrected chi connectivity index (χ0v) is 17.9. The second-order valence-electron chi connectivity index (χ2n) is 7.91. The van der Waals surface area contributed by atoms with E-state index in [9.17, 15) is 9.59 Å². The second kappa shape index (κ2) is 7.22. The molecule has 0 spiro atoms. The summed E-state index contributed by atoms with van der Waals surface area (Å²) in [7, 11) is 0. The number of amides is 1. The van der Waals surface area contributed by atoms with Gasteiger partial charge in [-0.05, 0) is 56.9 Å². The summed E-state index contributed by atoms with van der Waals surface area (Å²) in [6.45, 7) is 5.30. The minimum Gasteiger partial charge on any atom is -0.455 e. The Labute approximate surface area is 175 Å². The Kier molecular flexibility index (Phi) is 4.85. The van der Waals surface area contributed by atoms with E-state index in [-0.39, 0.29) is 29.1 Å². The first-order chi connectivity index (χ1) is 13.7. The number of hydrogen-bond acceptors (Lipinski definition) is 6. The van der Waals surface area contributed by atoms with Gasteiger partial charge in [0.15, 0.2) is 5.69 Å². The quantitative estimate of drug-likeness (QED) is 0.605. The van der Waals surface area contributed by atoms with Crippen LogP contribution in [0.1, 0.15) is 65.3 Å². The van der Waals surface area contributed by atoms with Gasteiger partial charge in [-0.25, -0.2) is 9.78 Å². The molecule has 29 heavy (non-hydrogen) atoms. The lowest BCUT2D eigenvalue weighted by Gasteiger charge is -2.19. The third-order valence-corrected chi connectivity index (χ3v) is 5.07. The molecular formula is C20H20BrN5O3. The molecule has 2 aromatic heterocycles. The fourth-order valence-corrected chi connectivity index (χ4v) is 3.79.